The molecule has 46 heavy (non-hydrogen) atoms. The molecule has 0 aliphatic rings. The van der Waals surface area contributed by atoms with Crippen molar-refractivity contribution in [3.8, 4) is 0 Å². The van der Waals surface area contributed by atoms with Crippen LogP contribution in [0.3, 0.4) is 0 Å². The molecular formula is C40H59N5O. The van der Waals surface area contributed by atoms with Gasteiger partial charge in [-0.05, 0) is 50.8 Å². The predicted octanol–water partition coefficient (Wildman–Crippen LogP) is 10.4. The van der Waals surface area contributed by atoms with Crippen LogP contribution in [0.25, 0.3) is 21.9 Å². The molecule has 0 fully saturated rings. The van der Waals surface area contributed by atoms with E-state index in [2.05, 4.69) is 85.5 Å². The molecular weight excluding hydrogens is 566 g/mol. The molecule has 0 aliphatic heterocycles. The van der Waals surface area contributed by atoms with E-state index < -0.39 is 0 Å². The van der Waals surface area contributed by atoms with Gasteiger partial charge in [-0.15, -0.1) is 0 Å². The van der Waals surface area contributed by atoms with Crippen LogP contribution in [0.1, 0.15) is 141 Å². The highest BCUT2D eigenvalue weighted by molar-refractivity contribution is 6.06. The molecule has 0 bridgehead atoms. The van der Waals surface area contributed by atoms with E-state index in [1.54, 1.807) is 0 Å². The molecule has 0 spiro atoms. The molecule has 4 aromatic rings. The quantitative estimate of drug-likeness (QED) is 0.105. The number of nitrogens with zero attached hydrogens (tertiary/aromatic N) is 4. The first-order chi connectivity index (χ1) is 22.2. The van der Waals surface area contributed by atoms with Crippen LogP contribution in [0.4, 0.5) is 5.82 Å². The number of carbonyl (C=O) groups is 1. The van der Waals surface area contributed by atoms with Gasteiger partial charge in [0, 0.05) is 36.9 Å². The van der Waals surface area contributed by atoms with Crippen molar-refractivity contribution in [2.24, 2.45) is 0 Å². The Morgan fingerprint density at radius 1 is 0.761 bits per heavy atom. The van der Waals surface area contributed by atoms with E-state index in [0.717, 1.165) is 65.4 Å². The summed E-state index contributed by atoms with van der Waals surface area (Å²) in [6.45, 7) is 12.3. The minimum atomic E-state index is -0.230. The third-order valence-electron chi connectivity index (χ3n) is 9.25. The Morgan fingerprint density at radius 2 is 1.35 bits per heavy atom. The number of nitrogen functional groups attached to an aromatic ring is 1. The van der Waals surface area contributed by atoms with Gasteiger partial charge in [0.05, 0.1) is 11.0 Å². The highest BCUT2D eigenvalue weighted by Crippen LogP contribution is 2.30. The number of aryl methyl sites for hydroxylation is 1. The minimum Gasteiger partial charge on any atom is -0.382 e. The molecule has 2 aromatic heterocycles. The number of pyridine rings is 1. The van der Waals surface area contributed by atoms with Gasteiger partial charge < -0.3 is 15.2 Å². The van der Waals surface area contributed by atoms with E-state index in [1.165, 1.54) is 63.4 Å². The fraction of sp³-hybridized carbons (Fsp3) is 0.575. The molecule has 0 radical (unpaired) electrons. The molecule has 6 nitrogen and oxygen atoms in total. The van der Waals surface area contributed by atoms with Crippen LogP contribution < -0.4 is 5.73 Å². The Morgan fingerprint density at radius 3 is 1.98 bits per heavy atom. The molecule has 4 rings (SSSR count). The monoisotopic (exact) mass is 625 g/mol. The number of nitrogens with two attached hydrogens (primary N) is 1. The van der Waals surface area contributed by atoms with Crippen molar-refractivity contribution < 1.29 is 4.79 Å². The van der Waals surface area contributed by atoms with Crippen molar-refractivity contribution in [2.45, 2.75) is 150 Å². The number of amides is 1. The molecule has 0 aliphatic carbocycles. The third kappa shape index (κ3) is 9.80. The molecule has 6 heteroatoms. The molecule has 0 saturated heterocycles. The lowest BCUT2D eigenvalue weighted by molar-refractivity contribution is -0.136. The Bertz CT molecular complexity index is 1510. The smallest absolute Gasteiger partial charge is 0.223 e. The van der Waals surface area contributed by atoms with Crippen molar-refractivity contribution in [2.75, 3.05) is 5.73 Å². The second-order valence-corrected chi connectivity index (χ2v) is 14.2. The summed E-state index contributed by atoms with van der Waals surface area (Å²) in [5, 5.41) is 1.08. The molecule has 1 amide bonds. The number of rotatable bonds is 19. The van der Waals surface area contributed by atoms with Crippen LogP contribution in [-0.2, 0) is 24.3 Å². The second kappa shape index (κ2) is 17.5. The van der Waals surface area contributed by atoms with E-state index in [9.17, 15) is 4.79 Å². The van der Waals surface area contributed by atoms with Crippen LogP contribution in [0.2, 0.25) is 0 Å². The number of unbranched alkanes of at least 4 members (excludes halogenated alkanes) is 11. The molecule has 0 unspecified atom stereocenters. The average molecular weight is 626 g/mol. The normalized spacial score (nSPS) is 11.9. The van der Waals surface area contributed by atoms with Crippen molar-refractivity contribution >= 4 is 33.7 Å². The zero-order valence-corrected chi connectivity index (χ0v) is 29.4. The summed E-state index contributed by atoms with van der Waals surface area (Å²) >= 11 is 0. The number of aromatic nitrogens is 3. The lowest BCUT2D eigenvalue weighted by Gasteiger charge is -2.36. The number of imidazole rings is 1. The summed E-state index contributed by atoms with van der Waals surface area (Å²) in [6.07, 6.45) is 17.9. The SMILES string of the molecule is CCCCCCCCCCCCCC(=O)N(Cc1ccc(Cn2c(CCCC)nc3c(N)nc4ccccc4c32)cc1)C(C)(C)C. The number of para-hydroxylation sites is 1. The van der Waals surface area contributed by atoms with Gasteiger partial charge in [0.25, 0.3) is 0 Å². The Balaban J connectivity index is 1.37. The second-order valence-electron chi connectivity index (χ2n) is 14.2. The van der Waals surface area contributed by atoms with Gasteiger partial charge in [-0.1, -0.05) is 127 Å². The summed E-state index contributed by atoms with van der Waals surface area (Å²) < 4.78 is 2.33. The Hall–Kier alpha value is -3.41. The highest BCUT2D eigenvalue weighted by atomic mass is 16.2. The first kappa shape index (κ1) is 35.4. The van der Waals surface area contributed by atoms with Gasteiger partial charge in [-0.3, -0.25) is 4.79 Å². The largest absolute Gasteiger partial charge is 0.382 e. The topological polar surface area (TPSA) is 77.0 Å². The maximum absolute atomic E-state index is 13.4. The van der Waals surface area contributed by atoms with Gasteiger partial charge >= 0.3 is 0 Å². The van der Waals surface area contributed by atoms with Crippen LogP contribution >= 0.6 is 0 Å². The van der Waals surface area contributed by atoms with Gasteiger partial charge in [0.1, 0.15) is 11.3 Å². The first-order valence-corrected chi connectivity index (χ1v) is 18.1. The summed E-state index contributed by atoms with van der Waals surface area (Å²) in [5.74, 6) is 1.80. The average Bonchev–Trinajstić information content (AvgIpc) is 3.40. The summed E-state index contributed by atoms with van der Waals surface area (Å²) in [7, 11) is 0. The van der Waals surface area contributed by atoms with Crippen LogP contribution in [-0.4, -0.2) is 30.9 Å². The van der Waals surface area contributed by atoms with E-state index in [-0.39, 0.29) is 11.4 Å². The minimum absolute atomic E-state index is 0.230. The number of hydrogen-bond acceptors (Lipinski definition) is 4. The van der Waals surface area contributed by atoms with Gasteiger partial charge in [-0.25, -0.2) is 9.97 Å². The van der Waals surface area contributed by atoms with Crippen LogP contribution in [0.5, 0.6) is 0 Å². The fourth-order valence-electron chi connectivity index (χ4n) is 6.49. The van der Waals surface area contributed by atoms with Gasteiger partial charge in [-0.2, -0.15) is 0 Å². The summed E-state index contributed by atoms with van der Waals surface area (Å²) in [4.78, 5) is 25.1. The number of anilines is 1. The van der Waals surface area contributed by atoms with Crippen LogP contribution in [0.15, 0.2) is 48.5 Å². The highest BCUT2D eigenvalue weighted by Gasteiger charge is 2.26. The maximum Gasteiger partial charge on any atom is 0.223 e. The third-order valence-corrected chi connectivity index (χ3v) is 9.25. The van der Waals surface area contributed by atoms with E-state index in [1.807, 2.05) is 12.1 Å². The first-order valence-electron chi connectivity index (χ1n) is 18.1. The van der Waals surface area contributed by atoms with E-state index in [4.69, 9.17) is 10.7 Å². The van der Waals surface area contributed by atoms with Gasteiger partial charge in [0.2, 0.25) is 5.91 Å². The molecule has 250 valence electrons. The van der Waals surface area contributed by atoms with E-state index in [0.29, 0.717) is 25.3 Å². The maximum atomic E-state index is 13.4. The fourth-order valence-corrected chi connectivity index (χ4v) is 6.49. The number of carbonyl (C=O) groups excluding carboxylic acids is 1. The molecule has 2 N–H and O–H groups in total. The Kier molecular flexibility index (Phi) is 13.5. The lowest BCUT2D eigenvalue weighted by atomic mass is 10.0. The van der Waals surface area contributed by atoms with Crippen molar-refractivity contribution in [1.29, 1.82) is 0 Å². The predicted molar refractivity (Wildman–Crippen MR) is 195 cm³/mol. The van der Waals surface area contributed by atoms with Gasteiger partial charge in [0.15, 0.2) is 5.82 Å². The number of benzene rings is 2. The van der Waals surface area contributed by atoms with E-state index >= 15 is 0 Å². The number of hydrogen-bond donors (Lipinski definition) is 1. The number of fused-ring (bicyclic) bond motifs is 3. The van der Waals surface area contributed by atoms with Crippen molar-refractivity contribution in [3.05, 3.63) is 65.5 Å². The summed E-state index contributed by atoms with van der Waals surface area (Å²) in [6, 6.07) is 17.0. The zero-order chi connectivity index (χ0) is 32.9. The molecule has 0 saturated carbocycles. The molecule has 2 aromatic carbocycles. The van der Waals surface area contributed by atoms with Crippen molar-refractivity contribution in [1.82, 2.24) is 19.4 Å². The lowest BCUT2D eigenvalue weighted by Crippen LogP contribution is -2.45. The Labute approximate surface area is 278 Å². The zero-order valence-electron chi connectivity index (χ0n) is 29.4. The molecule has 0 atom stereocenters. The summed E-state index contributed by atoms with van der Waals surface area (Å²) in [5.41, 5.74) is 11.3. The van der Waals surface area contributed by atoms with Crippen LogP contribution in [0, 0.1) is 0 Å². The standard InChI is InChI=1S/C40H59N5O/c1-6-8-10-11-12-13-14-15-16-17-18-24-36(46)45(40(3,4)5)30-32-27-25-31(26-28-32)29-44-35(23-9-7-2)43-37-38(44)33-21-19-20-22-34(33)42-39(37)41/h19-22,25-28H,6-18,23-24,29-30H2,1-5H3,(H2,41,42). The molecule has 2 heterocycles. The van der Waals surface area contributed by atoms with Crippen molar-refractivity contribution in [3.63, 3.8) is 0 Å².